The standard InChI is InChI=1S/C24H28N2O6/c27-22(29-16-18-7-3-1-4-8-18)25-20-11-12-24(31-13-14-32-24)15-21(20)26-23(28)30-17-19-9-5-2-6-10-19/h1-10,20-21H,11-17H2,(H,25,27)(H,26,28)/t20-,21+/m1/s1. The molecule has 1 saturated carbocycles. The van der Waals surface area contributed by atoms with Crippen molar-refractivity contribution in [1.29, 1.82) is 0 Å². The minimum Gasteiger partial charge on any atom is -0.445 e. The molecule has 170 valence electrons. The molecule has 1 heterocycles. The molecule has 2 fully saturated rings. The lowest BCUT2D eigenvalue weighted by Crippen LogP contribution is -2.58. The number of amides is 2. The molecule has 2 aromatic rings. The SMILES string of the molecule is O=C(N[C@H]1CC2(CC[C@H]1NC(=O)OCc1ccccc1)OCCO2)OCc1ccccc1. The van der Waals surface area contributed by atoms with Gasteiger partial charge in [0.05, 0.1) is 25.3 Å². The average Bonchev–Trinajstić information content (AvgIpc) is 3.27. The molecule has 2 aromatic carbocycles. The number of benzene rings is 2. The summed E-state index contributed by atoms with van der Waals surface area (Å²) in [4.78, 5) is 24.9. The van der Waals surface area contributed by atoms with Crippen LogP contribution in [0.25, 0.3) is 0 Å². The number of ether oxygens (including phenoxy) is 4. The van der Waals surface area contributed by atoms with Crippen molar-refractivity contribution in [3.8, 4) is 0 Å². The van der Waals surface area contributed by atoms with E-state index in [1.54, 1.807) is 0 Å². The van der Waals surface area contributed by atoms with E-state index in [0.29, 0.717) is 32.5 Å². The number of hydrogen-bond acceptors (Lipinski definition) is 6. The van der Waals surface area contributed by atoms with Crippen LogP contribution in [0.2, 0.25) is 0 Å². The predicted octanol–water partition coefficient (Wildman–Crippen LogP) is 3.50. The van der Waals surface area contributed by atoms with Gasteiger partial charge in [-0.05, 0) is 17.5 Å². The zero-order chi connectivity index (χ0) is 22.2. The van der Waals surface area contributed by atoms with Crippen molar-refractivity contribution >= 4 is 12.2 Å². The molecule has 4 rings (SSSR count). The van der Waals surface area contributed by atoms with Gasteiger partial charge in [0.1, 0.15) is 13.2 Å². The second-order valence-corrected chi connectivity index (χ2v) is 7.98. The molecule has 1 spiro atoms. The lowest BCUT2D eigenvalue weighted by molar-refractivity contribution is -0.184. The van der Waals surface area contributed by atoms with E-state index in [1.165, 1.54) is 0 Å². The van der Waals surface area contributed by atoms with Crippen LogP contribution < -0.4 is 10.6 Å². The Balaban J connectivity index is 1.33. The molecule has 1 saturated heterocycles. The van der Waals surface area contributed by atoms with Crippen molar-refractivity contribution in [1.82, 2.24) is 10.6 Å². The summed E-state index contributed by atoms with van der Waals surface area (Å²) in [6, 6.07) is 18.1. The average molecular weight is 440 g/mol. The van der Waals surface area contributed by atoms with Crippen LogP contribution in [-0.2, 0) is 32.2 Å². The summed E-state index contributed by atoms with van der Waals surface area (Å²) in [5.41, 5.74) is 1.79. The first-order valence-electron chi connectivity index (χ1n) is 10.8. The molecule has 0 unspecified atom stereocenters. The molecule has 2 aliphatic rings. The highest BCUT2D eigenvalue weighted by atomic mass is 16.7. The Kier molecular flexibility index (Phi) is 7.24. The summed E-state index contributed by atoms with van der Waals surface area (Å²) in [7, 11) is 0. The molecule has 8 nitrogen and oxygen atoms in total. The Morgan fingerprint density at radius 1 is 0.812 bits per heavy atom. The second-order valence-electron chi connectivity index (χ2n) is 7.98. The molecule has 1 aliphatic carbocycles. The van der Waals surface area contributed by atoms with Gasteiger partial charge in [-0.15, -0.1) is 0 Å². The summed E-state index contributed by atoms with van der Waals surface area (Å²) in [5, 5.41) is 5.76. The van der Waals surface area contributed by atoms with Crippen LogP contribution >= 0.6 is 0 Å². The topological polar surface area (TPSA) is 95.1 Å². The highest BCUT2D eigenvalue weighted by Gasteiger charge is 2.46. The first-order valence-corrected chi connectivity index (χ1v) is 10.8. The van der Waals surface area contributed by atoms with Crippen molar-refractivity contribution in [2.24, 2.45) is 0 Å². The van der Waals surface area contributed by atoms with Crippen molar-refractivity contribution in [3.63, 3.8) is 0 Å². The molecule has 0 radical (unpaired) electrons. The Labute approximate surface area is 187 Å². The highest BCUT2D eigenvalue weighted by Crippen LogP contribution is 2.36. The maximum absolute atomic E-state index is 12.5. The fourth-order valence-electron chi connectivity index (χ4n) is 4.07. The van der Waals surface area contributed by atoms with Crippen molar-refractivity contribution in [3.05, 3.63) is 71.8 Å². The number of alkyl carbamates (subject to hydrolysis) is 2. The fraction of sp³-hybridized carbons (Fsp3) is 0.417. The van der Waals surface area contributed by atoms with E-state index in [2.05, 4.69) is 10.6 Å². The maximum atomic E-state index is 12.5. The van der Waals surface area contributed by atoms with Crippen LogP contribution in [0.3, 0.4) is 0 Å². The molecule has 2 atom stereocenters. The largest absolute Gasteiger partial charge is 0.445 e. The minimum atomic E-state index is -0.733. The molecule has 1 aliphatic heterocycles. The molecule has 0 aromatic heterocycles. The Hall–Kier alpha value is -3.10. The molecule has 0 bridgehead atoms. The molecular weight excluding hydrogens is 412 g/mol. The Morgan fingerprint density at radius 3 is 1.84 bits per heavy atom. The third-order valence-electron chi connectivity index (χ3n) is 5.70. The van der Waals surface area contributed by atoms with E-state index in [-0.39, 0.29) is 19.3 Å². The van der Waals surface area contributed by atoms with E-state index in [4.69, 9.17) is 18.9 Å². The van der Waals surface area contributed by atoms with Gasteiger partial charge in [0.2, 0.25) is 0 Å². The van der Waals surface area contributed by atoms with Gasteiger partial charge in [-0.1, -0.05) is 60.7 Å². The number of nitrogens with one attached hydrogen (secondary N) is 2. The zero-order valence-electron chi connectivity index (χ0n) is 17.8. The van der Waals surface area contributed by atoms with Gasteiger partial charge in [-0.25, -0.2) is 9.59 Å². The predicted molar refractivity (Wildman–Crippen MR) is 116 cm³/mol. The molecule has 2 amide bonds. The number of hydrogen-bond donors (Lipinski definition) is 2. The van der Waals surface area contributed by atoms with Crippen LogP contribution in [0, 0.1) is 0 Å². The fourth-order valence-corrected chi connectivity index (χ4v) is 4.07. The zero-order valence-corrected chi connectivity index (χ0v) is 17.8. The lowest BCUT2D eigenvalue weighted by Gasteiger charge is -2.41. The quantitative estimate of drug-likeness (QED) is 0.714. The minimum absolute atomic E-state index is 0.161. The third kappa shape index (κ3) is 5.99. The van der Waals surface area contributed by atoms with Gasteiger partial charge in [-0.3, -0.25) is 0 Å². The molecule has 2 N–H and O–H groups in total. The van der Waals surface area contributed by atoms with Crippen LogP contribution in [-0.4, -0.2) is 43.3 Å². The number of carbonyl (C=O) groups excluding carboxylic acids is 2. The van der Waals surface area contributed by atoms with Crippen LogP contribution in [0.4, 0.5) is 9.59 Å². The summed E-state index contributed by atoms with van der Waals surface area (Å²) in [5.74, 6) is -0.733. The van der Waals surface area contributed by atoms with E-state index in [1.807, 2.05) is 60.7 Å². The van der Waals surface area contributed by atoms with Gasteiger partial charge < -0.3 is 29.6 Å². The van der Waals surface area contributed by atoms with Gasteiger partial charge in [0.15, 0.2) is 5.79 Å². The first kappa shape index (κ1) is 22.1. The molecule has 32 heavy (non-hydrogen) atoms. The van der Waals surface area contributed by atoms with Crippen molar-refractivity contribution in [2.75, 3.05) is 13.2 Å². The summed E-state index contributed by atoms with van der Waals surface area (Å²) < 4.78 is 22.4. The first-order chi connectivity index (χ1) is 15.6. The maximum Gasteiger partial charge on any atom is 0.407 e. The summed E-state index contributed by atoms with van der Waals surface area (Å²) >= 11 is 0. The van der Waals surface area contributed by atoms with Crippen LogP contribution in [0.1, 0.15) is 30.4 Å². The van der Waals surface area contributed by atoms with E-state index >= 15 is 0 Å². The van der Waals surface area contributed by atoms with Gasteiger partial charge in [0, 0.05) is 12.8 Å². The number of carbonyl (C=O) groups is 2. The normalized spacial score (nSPS) is 21.6. The van der Waals surface area contributed by atoms with Gasteiger partial charge >= 0.3 is 12.2 Å². The lowest BCUT2D eigenvalue weighted by atomic mass is 9.85. The third-order valence-corrected chi connectivity index (χ3v) is 5.70. The summed E-state index contributed by atoms with van der Waals surface area (Å²) in [6.45, 7) is 1.37. The Morgan fingerprint density at radius 2 is 1.31 bits per heavy atom. The van der Waals surface area contributed by atoms with Gasteiger partial charge in [0.25, 0.3) is 0 Å². The second kappa shape index (κ2) is 10.5. The monoisotopic (exact) mass is 440 g/mol. The van der Waals surface area contributed by atoms with Crippen molar-refractivity contribution < 1.29 is 28.5 Å². The van der Waals surface area contributed by atoms with Crippen LogP contribution in [0.5, 0.6) is 0 Å². The summed E-state index contributed by atoms with van der Waals surface area (Å²) in [6.07, 6.45) is 0.514. The molecule has 8 heteroatoms. The van der Waals surface area contributed by atoms with E-state index in [9.17, 15) is 9.59 Å². The van der Waals surface area contributed by atoms with E-state index < -0.39 is 24.0 Å². The van der Waals surface area contributed by atoms with E-state index in [0.717, 1.165) is 11.1 Å². The molecular formula is C24H28N2O6. The van der Waals surface area contributed by atoms with Crippen molar-refractivity contribution in [2.45, 2.75) is 50.3 Å². The number of rotatable bonds is 6. The Bertz CT molecular complexity index is 886. The van der Waals surface area contributed by atoms with Gasteiger partial charge in [-0.2, -0.15) is 0 Å². The smallest absolute Gasteiger partial charge is 0.407 e. The highest BCUT2D eigenvalue weighted by molar-refractivity contribution is 5.69. The van der Waals surface area contributed by atoms with Crippen LogP contribution in [0.15, 0.2) is 60.7 Å².